The number of amides is 2. The largest absolute Gasteiger partial charge is 0.348 e. The van der Waals surface area contributed by atoms with Crippen molar-refractivity contribution in [2.24, 2.45) is 11.7 Å². The Kier molecular flexibility index (Phi) is 6.03. The Morgan fingerprint density at radius 2 is 1.71 bits per heavy atom. The van der Waals surface area contributed by atoms with Crippen LogP contribution in [-0.2, 0) is 9.59 Å². The Morgan fingerprint density at radius 3 is 2.33 bits per heavy atom. The van der Waals surface area contributed by atoms with E-state index >= 15 is 0 Å². The molecule has 0 heterocycles. The van der Waals surface area contributed by atoms with E-state index in [9.17, 15) is 9.59 Å². The molecule has 120 valence electrons. The summed E-state index contributed by atoms with van der Waals surface area (Å²) in [4.78, 5) is 23.7. The van der Waals surface area contributed by atoms with Gasteiger partial charge in [-0.05, 0) is 25.2 Å². The smallest absolute Gasteiger partial charge is 0.239 e. The number of hydrogen-bond acceptors (Lipinski definition) is 3. The highest BCUT2D eigenvalue weighted by molar-refractivity contribution is 5.85. The molecule has 0 unspecified atom stereocenters. The summed E-state index contributed by atoms with van der Waals surface area (Å²) in [6.45, 7) is 0.555. The molecule has 5 nitrogen and oxygen atoms in total. The van der Waals surface area contributed by atoms with Crippen LogP contribution in [0.1, 0.15) is 64.2 Å². The predicted octanol–water partition coefficient (Wildman–Crippen LogP) is 1.46. The molecule has 0 aromatic carbocycles. The van der Waals surface area contributed by atoms with Crippen LogP contribution >= 0.6 is 0 Å². The first-order valence-corrected chi connectivity index (χ1v) is 8.41. The lowest BCUT2D eigenvalue weighted by atomic mass is 9.98. The second-order valence-electron chi connectivity index (χ2n) is 6.71. The molecule has 0 atom stereocenters. The summed E-state index contributed by atoms with van der Waals surface area (Å²) >= 11 is 0. The topological polar surface area (TPSA) is 84.2 Å². The summed E-state index contributed by atoms with van der Waals surface area (Å²) in [5.41, 5.74) is 5.56. The second kappa shape index (κ2) is 7.78. The van der Waals surface area contributed by atoms with Gasteiger partial charge in [0.25, 0.3) is 0 Å². The van der Waals surface area contributed by atoms with Crippen LogP contribution in [0.25, 0.3) is 0 Å². The van der Waals surface area contributed by atoms with Gasteiger partial charge in [-0.15, -0.1) is 0 Å². The van der Waals surface area contributed by atoms with Gasteiger partial charge in [0.05, 0.1) is 12.1 Å². The maximum absolute atomic E-state index is 11.9. The van der Waals surface area contributed by atoms with Crippen LogP contribution in [0.3, 0.4) is 0 Å². The standard InChI is InChI=1S/C16H29N3O2/c17-12-16(9-3-4-10-16)19-15(21)11-18-14(20)8-7-13-5-1-2-6-13/h13H,1-12,17H2,(H,18,20)(H,19,21). The second-order valence-corrected chi connectivity index (χ2v) is 6.71. The number of rotatable bonds is 7. The van der Waals surface area contributed by atoms with Gasteiger partial charge in [-0.1, -0.05) is 38.5 Å². The molecular weight excluding hydrogens is 266 g/mol. The molecule has 21 heavy (non-hydrogen) atoms. The van der Waals surface area contributed by atoms with Crippen LogP contribution in [0, 0.1) is 5.92 Å². The monoisotopic (exact) mass is 295 g/mol. The Labute approximate surface area is 127 Å². The normalized spacial score (nSPS) is 21.4. The first-order chi connectivity index (χ1) is 10.1. The Bertz CT molecular complexity index is 359. The SMILES string of the molecule is NCC1(NC(=O)CNC(=O)CCC2CCCC2)CCCC1. The van der Waals surface area contributed by atoms with Crippen molar-refractivity contribution in [2.45, 2.75) is 69.7 Å². The van der Waals surface area contributed by atoms with E-state index in [1.165, 1.54) is 25.7 Å². The highest BCUT2D eigenvalue weighted by Gasteiger charge is 2.33. The highest BCUT2D eigenvalue weighted by Crippen LogP contribution is 2.29. The van der Waals surface area contributed by atoms with Crippen molar-refractivity contribution >= 4 is 11.8 Å². The van der Waals surface area contributed by atoms with Crippen LogP contribution in [0.5, 0.6) is 0 Å². The zero-order valence-electron chi connectivity index (χ0n) is 13.0. The fourth-order valence-electron chi connectivity index (χ4n) is 3.67. The van der Waals surface area contributed by atoms with E-state index in [4.69, 9.17) is 5.73 Å². The molecule has 0 radical (unpaired) electrons. The summed E-state index contributed by atoms with van der Waals surface area (Å²) in [5, 5.41) is 5.75. The van der Waals surface area contributed by atoms with E-state index in [0.717, 1.165) is 32.1 Å². The van der Waals surface area contributed by atoms with Crippen molar-refractivity contribution in [1.82, 2.24) is 10.6 Å². The van der Waals surface area contributed by atoms with Gasteiger partial charge in [-0.2, -0.15) is 0 Å². The molecule has 2 rings (SSSR count). The lowest BCUT2D eigenvalue weighted by Crippen LogP contribution is -2.54. The van der Waals surface area contributed by atoms with Crippen LogP contribution in [0.2, 0.25) is 0 Å². The van der Waals surface area contributed by atoms with Crippen molar-refractivity contribution in [3.05, 3.63) is 0 Å². The van der Waals surface area contributed by atoms with Gasteiger partial charge in [-0.3, -0.25) is 9.59 Å². The number of nitrogens with two attached hydrogens (primary N) is 1. The first kappa shape index (κ1) is 16.3. The number of hydrogen-bond donors (Lipinski definition) is 3. The van der Waals surface area contributed by atoms with E-state index in [1.54, 1.807) is 0 Å². The molecule has 0 bridgehead atoms. The third-order valence-electron chi connectivity index (χ3n) is 5.06. The van der Waals surface area contributed by atoms with E-state index in [2.05, 4.69) is 10.6 Å². The lowest BCUT2D eigenvalue weighted by molar-refractivity contribution is -0.127. The van der Waals surface area contributed by atoms with E-state index in [-0.39, 0.29) is 23.9 Å². The molecule has 2 aliphatic carbocycles. The lowest BCUT2D eigenvalue weighted by Gasteiger charge is -2.28. The van der Waals surface area contributed by atoms with Crippen LogP contribution in [0.15, 0.2) is 0 Å². The van der Waals surface area contributed by atoms with Gasteiger partial charge in [-0.25, -0.2) is 0 Å². The fourth-order valence-corrected chi connectivity index (χ4v) is 3.67. The zero-order chi connectivity index (χ0) is 15.1. The molecule has 4 N–H and O–H groups in total. The van der Waals surface area contributed by atoms with Gasteiger partial charge in [0, 0.05) is 13.0 Å². The molecule has 5 heteroatoms. The van der Waals surface area contributed by atoms with Crippen molar-refractivity contribution in [2.75, 3.05) is 13.1 Å². The summed E-state index contributed by atoms with van der Waals surface area (Å²) in [6.07, 6.45) is 10.7. The Morgan fingerprint density at radius 1 is 1.05 bits per heavy atom. The third-order valence-corrected chi connectivity index (χ3v) is 5.06. The van der Waals surface area contributed by atoms with Crippen molar-refractivity contribution in [1.29, 1.82) is 0 Å². The van der Waals surface area contributed by atoms with Crippen molar-refractivity contribution in [3.63, 3.8) is 0 Å². The maximum atomic E-state index is 11.9. The van der Waals surface area contributed by atoms with Crippen LogP contribution < -0.4 is 16.4 Å². The highest BCUT2D eigenvalue weighted by atomic mass is 16.2. The molecule has 0 spiro atoms. The molecule has 2 fully saturated rings. The molecule has 2 saturated carbocycles. The molecule has 0 saturated heterocycles. The fraction of sp³-hybridized carbons (Fsp3) is 0.875. The molecule has 0 aliphatic heterocycles. The summed E-state index contributed by atoms with van der Waals surface area (Å²) in [6, 6.07) is 0. The molecule has 0 aromatic rings. The average Bonchev–Trinajstić information content (AvgIpc) is 3.15. The summed E-state index contributed by atoms with van der Waals surface area (Å²) in [7, 11) is 0. The third kappa shape index (κ3) is 4.99. The Balaban J connectivity index is 1.62. The molecular formula is C16H29N3O2. The van der Waals surface area contributed by atoms with Crippen LogP contribution in [-0.4, -0.2) is 30.4 Å². The molecule has 0 aromatic heterocycles. The first-order valence-electron chi connectivity index (χ1n) is 8.41. The molecule has 2 amide bonds. The number of nitrogens with one attached hydrogen (secondary N) is 2. The quantitative estimate of drug-likeness (QED) is 0.665. The minimum atomic E-state index is -0.230. The van der Waals surface area contributed by atoms with Crippen LogP contribution in [0.4, 0.5) is 0 Å². The number of carbonyl (C=O) groups is 2. The van der Waals surface area contributed by atoms with Crippen molar-refractivity contribution < 1.29 is 9.59 Å². The molecule has 2 aliphatic rings. The Hall–Kier alpha value is -1.10. The summed E-state index contributed by atoms with van der Waals surface area (Å²) < 4.78 is 0. The van der Waals surface area contributed by atoms with Gasteiger partial charge in [0.1, 0.15) is 0 Å². The number of carbonyl (C=O) groups excluding carboxylic acids is 2. The van der Waals surface area contributed by atoms with E-state index in [0.29, 0.717) is 18.9 Å². The minimum absolute atomic E-state index is 0.00901. The van der Waals surface area contributed by atoms with E-state index in [1.807, 2.05) is 0 Å². The minimum Gasteiger partial charge on any atom is -0.348 e. The average molecular weight is 295 g/mol. The predicted molar refractivity (Wildman–Crippen MR) is 82.6 cm³/mol. The van der Waals surface area contributed by atoms with Gasteiger partial charge >= 0.3 is 0 Å². The van der Waals surface area contributed by atoms with Gasteiger partial charge in [0.15, 0.2) is 0 Å². The van der Waals surface area contributed by atoms with E-state index < -0.39 is 0 Å². The van der Waals surface area contributed by atoms with Crippen molar-refractivity contribution in [3.8, 4) is 0 Å². The maximum Gasteiger partial charge on any atom is 0.239 e. The zero-order valence-corrected chi connectivity index (χ0v) is 13.0. The van der Waals surface area contributed by atoms with Gasteiger partial charge < -0.3 is 16.4 Å². The van der Waals surface area contributed by atoms with Gasteiger partial charge in [0.2, 0.25) is 11.8 Å². The summed E-state index contributed by atoms with van der Waals surface area (Å²) in [5.74, 6) is 0.588.